The van der Waals surface area contributed by atoms with Crippen LogP contribution >= 0.6 is 0 Å². The van der Waals surface area contributed by atoms with Gasteiger partial charge in [-0.25, -0.2) is 4.98 Å². The van der Waals surface area contributed by atoms with E-state index in [2.05, 4.69) is 47.0 Å². The molecule has 5 nitrogen and oxygen atoms in total. The van der Waals surface area contributed by atoms with E-state index < -0.39 is 0 Å². The van der Waals surface area contributed by atoms with Crippen LogP contribution in [0.2, 0.25) is 0 Å². The molecule has 1 aromatic rings. The van der Waals surface area contributed by atoms with Gasteiger partial charge in [-0.3, -0.25) is 0 Å². The Labute approximate surface area is 128 Å². The summed E-state index contributed by atoms with van der Waals surface area (Å²) < 4.78 is 7.35. The van der Waals surface area contributed by atoms with Crippen LogP contribution in [-0.4, -0.2) is 54.3 Å². The van der Waals surface area contributed by atoms with Crippen molar-refractivity contribution in [3.63, 3.8) is 0 Å². The van der Waals surface area contributed by atoms with Gasteiger partial charge < -0.3 is 19.5 Å². The summed E-state index contributed by atoms with van der Waals surface area (Å²) in [6.07, 6.45) is 8.35. The van der Waals surface area contributed by atoms with E-state index >= 15 is 0 Å². The highest BCUT2D eigenvalue weighted by Crippen LogP contribution is 2.33. The van der Waals surface area contributed by atoms with E-state index in [1.807, 2.05) is 0 Å². The van der Waals surface area contributed by atoms with Crippen LogP contribution in [0.1, 0.15) is 37.8 Å². The van der Waals surface area contributed by atoms with Gasteiger partial charge in [0.2, 0.25) is 5.95 Å². The van der Waals surface area contributed by atoms with Crippen molar-refractivity contribution < 1.29 is 4.74 Å². The summed E-state index contributed by atoms with van der Waals surface area (Å²) in [7, 11) is 6.14. The summed E-state index contributed by atoms with van der Waals surface area (Å²) in [6, 6.07) is 0. The van der Waals surface area contributed by atoms with Crippen LogP contribution in [0.5, 0.6) is 0 Å². The topological polar surface area (TPSA) is 42.3 Å². The number of aryl methyl sites for hydroxylation is 2. The van der Waals surface area contributed by atoms with E-state index in [1.165, 1.54) is 25.7 Å². The number of anilines is 1. The number of nitrogens with one attached hydrogen (secondary N) is 1. The van der Waals surface area contributed by atoms with Crippen molar-refractivity contribution >= 4 is 5.95 Å². The molecule has 1 aliphatic rings. The van der Waals surface area contributed by atoms with Crippen molar-refractivity contribution in [1.29, 1.82) is 0 Å². The van der Waals surface area contributed by atoms with Gasteiger partial charge in [-0.2, -0.15) is 0 Å². The van der Waals surface area contributed by atoms with Crippen molar-refractivity contribution in [3.05, 3.63) is 11.9 Å². The number of hydrogen-bond donors (Lipinski definition) is 1. The second-order valence-corrected chi connectivity index (χ2v) is 6.43. The lowest BCUT2D eigenvalue weighted by Gasteiger charge is -2.36. The zero-order valence-electron chi connectivity index (χ0n) is 14.0. The first-order valence-corrected chi connectivity index (χ1v) is 8.01. The minimum atomic E-state index is 0.289. The number of aromatic nitrogens is 2. The predicted molar refractivity (Wildman–Crippen MR) is 86.8 cm³/mol. The molecule has 0 amide bonds. The highest BCUT2D eigenvalue weighted by atomic mass is 16.5. The second-order valence-electron chi connectivity index (χ2n) is 6.43. The van der Waals surface area contributed by atoms with Crippen molar-refractivity contribution in [2.24, 2.45) is 0 Å². The fourth-order valence-electron chi connectivity index (χ4n) is 3.30. The van der Waals surface area contributed by atoms with E-state index in [0.717, 1.165) is 37.8 Å². The first kappa shape index (κ1) is 16.3. The number of nitrogens with zero attached hydrogens (tertiary/aromatic N) is 3. The Kier molecular flexibility index (Phi) is 5.65. The van der Waals surface area contributed by atoms with E-state index in [0.29, 0.717) is 0 Å². The van der Waals surface area contributed by atoms with Crippen LogP contribution in [0.4, 0.5) is 5.95 Å². The number of likely N-dealkylation sites (N-methyl/N-ethyl adjacent to an activating group) is 1. The van der Waals surface area contributed by atoms with Crippen LogP contribution in [-0.2, 0) is 11.3 Å². The van der Waals surface area contributed by atoms with E-state index in [1.54, 1.807) is 7.11 Å². The van der Waals surface area contributed by atoms with Gasteiger partial charge in [-0.05, 0) is 40.3 Å². The van der Waals surface area contributed by atoms with Crippen LogP contribution in [0.15, 0.2) is 6.20 Å². The Hall–Kier alpha value is -1.07. The Morgan fingerprint density at radius 2 is 2.10 bits per heavy atom. The third-order valence-electron chi connectivity index (χ3n) is 4.70. The molecule has 0 atom stereocenters. The fraction of sp³-hybridized carbons (Fsp3) is 0.812. The van der Waals surface area contributed by atoms with E-state index in [9.17, 15) is 0 Å². The van der Waals surface area contributed by atoms with Gasteiger partial charge in [0.15, 0.2) is 0 Å². The number of hydrogen-bond acceptors (Lipinski definition) is 4. The van der Waals surface area contributed by atoms with Crippen LogP contribution in [0.3, 0.4) is 0 Å². The van der Waals surface area contributed by atoms with Crippen LogP contribution in [0.25, 0.3) is 0 Å². The Bertz CT molecular complexity index is 435. The molecular weight excluding hydrogens is 264 g/mol. The number of methoxy groups -OCH3 is 1. The molecule has 0 radical (unpaired) electrons. The Morgan fingerprint density at radius 3 is 2.71 bits per heavy atom. The molecule has 1 fully saturated rings. The van der Waals surface area contributed by atoms with Gasteiger partial charge in [0.1, 0.15) is 0 Å². The molecule has 1 aliphatic carbocycles. The third kappa shape index (κ3) is 3.98. The summed E-state index contributed by atoms with van der Waals surface area (Å²) in [5.41, 5.74) is 1.36. The first-order valence-electron chi connectivity index (χ1n) is 8.01. The summed E-state index contributed by atoms with van der Waals surface area (Å²) in [4.78, 5) is 7.02. The van der Waals surface area contributed by atoms with Crippen molar-refractivity contribution in [2.45, 2.75) is 51.1 Å². The minimum absolute atomic E-state index is 0.289. The van der Waals surface area contributed by atoms with Crippen LogP contribution in [0, 0.1) is 6.92 Å². The molecule has 0 unspecified atom stereocenters. The predicted octanol–water partition coefficient (Wildman–Crippen LogP) is 2.51. The van der Waals surface area contributed by atoms with Crippen molar-refractivity contribution in [1.82, 2.24) is 14.5 Å². The average Bonchev–Trinajstić information content (AvgIpc) is 3.04. The van der Waals surface area contributed by atoms with E-state index in [-0.39, 0.29) is 5.54 Å². The molecule has 1 saturated carbocycles. The van der Waals surface area contributed by atoms with Gasteiger partial charge in [-0.1, -0.05) is 12.8 Å². The van der Waals surface area contributed by atoms with Gasteiger partial charge in [0.25, 0.3) is 0 Å². The molecular formula is C16H30N4O. The largest absolute Gasteiger partial charge is 0.385 e. The highest BCUT2D eigenvalue weighted by molar-refractivity contribution is 5.30. The number of ether oxygens (including phenoxy) is 1. The normalized spacial score (nSPS) is 17.6. The second kappa shape index (κ2) is 7.27. The molecule has 0 bridgehead atoms. The third-order valence-corrected chi connectivity index (χ3v) is 4.70. The molecule has 0 saturated heterocycles. The Morgan fingerprint density at radius 1 is 1.38 bits per heavy atom. The first-order chi connectivity index (χ1) is 10.1. The number of rotatable bonds is 8. The lowest BCUT2D eigenvalue weighted by atomic mass is 9.96. The minimum Gasteiger partial charge on any atom is -0.385 e. The maximum absolute atomic E-state index is 5.14. The van der Waals surface area contributed by atoms with Crippen LogP contribution < -0.4 is 5.32 Å². The molecule has 1 heterocycles. The maximum Gasteiger partial charge on any atom is 0.203 e. The summed E-state index contributed by atoms with van der Waals surface area (Å²) in [6.45, 7) is 4.76. The van der Waals surface area contributed by atoms with Crippen molar-refractivity contribution in [3.8, 4) is 0 Å². The summed E-state index contributed by atoms with van der Waals surface area (Å²) in [5.74, 6) is 0.997. The fourth-order valence-corrected chi connectivity index (χ4v) is 3.30. The lowest BCUT2D eigenvalue weighted by molar-refractivity contribution is 0.171. The molecule has 0 spiro atoms. The zero-order valence-corrected chi connectivity index (χ0v) is 14.0. The van der Waals surface area contributed by atoms with Crippen molar-refractivity contribution in [2.75, 3.05) is 39.7 Å². The summed E-state index contributed by atoms with van der Waals surface area (Å²) in [5, 5.41) is 3.59. The van der Waals surface area contributed by atoms with Gasteiger partial charge >= 0.3 is 0 Å². The average molecular weight is 294 g/mol. The summed E-state index contributed by atoms with van der Waals surface area (Å²) >= 11 is 0. The quantitative estimate of drug-likeness (QED) is 0.748. The molecule has 21 heavy (non-hydrogen) atoms. The number of imidazole rings is 1. The molecule has 5 heteroatoms. The Balaban J connectivity index is 1.98. The standard InChI is InChI=1S/C16H30N4O/c1-14-12-20(10-7-11-21-4)15(18-14)17-13-16(19(2)3)8-5-6-9-16/h12H,5-11,13H2,1-4H3,(H,17,18). The molecule has 0 aromatic carbocycles. The SMILES string of the molecule is COCCCn1cc(C)nc1NCC1(N(C)C)CCCC1. The van der Waals surface area contributed by atoms with Gasteiger partial charge in [0, 0.05) is 38.5 Å². The smallest absolute Gasteiger partial charge is 0.203 e. The monoisotopic (exact) mass is 294 g/mol. The molecule has 0 aliphatic heterocycles. The molecule has 1 N–H and O–H groups in total. The van der Waals surface area contributed by atoms with E-state index in [4.69, 9.17) is 4.74 Å². The van der Waals surface area contributed by atoms with Gasteiger partial charge in [0.05, 0.1) is 5.69 Å². The molecule has 2 rings (SSSR count). The zero-order chi connectivity index (χ0) is 15.3. The molecule has 120 valence electrons. The molecule has 1 aromatic heterocycles. The maximum atomic E-state index is 5.14. The highest BCUT2D eigenvalue weighted by Gasteiger charge is 2.35. The lowest BCUT2D eigenvalue weighted by Crippen LogP contribution is -2.47. The van der Waals surface area contributed by atoms with Gasteiger partial charge in [-0.15, -0.1) is 0 Å².